The van der Waals surface area contributed by atoms with E-state index in [1.807, 2.05) is 0 Å². The molecular weight excluding hydrogens is 378 g/mol. The molecule has 6 heteroatoms. The van der Waals surface area contributed by atoms with Gasteiger partial charge in [0.1, 0.15) is 5.76 Å². The average Bonchev–Trinajstić information content (AvgIpc) is 3.56. The zero-order valence-corrected chi connectivity index (χ0v) is 18.3. The number of rotatable bonds is 6. The molecule has 5 rings (SSSR count). The third-order valence-corrected chi connectivity index (χ3v) is 7.63. The topological polar surface area (TPSA) is 58.8 Å². The summed E-state index contributed by atoms with van der Waals surface area (Å²) in [5.74, 6) is 1.60. The zero-order valence-electron chi connectivity index (χ0n) is 18.3. The van der Waals surface area contributed by atoms with Gasteiger partial charge in [0.05, 0.1) is 13.2 Å². The molecule has 166 valence electrons. The summed E-state index contributed by atoms with van der Waals surface area (Å²) in [5.41, 5.74) is 1.68. The van der Waals surface area contributed by atoms with Crippen LogP contribution in [-0.4, -0.2) is 59.3 Å². The summed E-state index contributed by atoms with van der Waals surface area (Å²) >= 11 is 0. The molecule has 30 heavy (non-hydrogen) atoms. The Kier molecular flexibility index (Phi) is 6.42. The van der Waals surface area contributed by atoms with Crippen LogP contribution >= 0.6 is 0 Å². The maximum absolute atomic E-state index is 14.0. The quantitative estimate of drug-likeness (QED) is 0.685. The van der Waals surface area contributed by atoms with E-state index in [1.54, 1.807) is 0 Å². The highest BCUT2D eigenvalue weighted by molar-refractivity contribution is 5.94. The number of hydrogen-bond acceptors (Lipinski definition) is 5. The van der Waals surface area contributed by atoms with E-state index >= 15 is 0 Å². The summed E-state index contributed by atoms with van der Waals surface area (Å²) < 4.78 is 11.4. The van der Waals surface area contributed by atoms with E-state index < -0.39 is 0 Å². The van der Waals surface area contributed by atoms with Crippen LogP contribution < -0.4 is 0 Å². The van der Waals surface area contributed by atoms with Crippen LogP contribution in [-0.2, 0) is 11.3 Å². The minimum absolute atomic E-state index is 0.146. The predicted octanol–water partition coefficient (Wildman–Crippen LogP) is 4.49. The van der Waals surface area contributed by atoms with Gasteiger partial charge in [-0.1, -0.05) is 43.7 Å². The van der Waals surface area contributed by atoms with Crippen molar-refractivity contribution >= 4 is 5.91 Å². The first-order chi connectivity index (χ1) is 14.8. The Morgan fingerprint density at radius 3 is 2.07 bits per heavy atom. The Morgan fingerprint density at radius 1 is 0.900 bits per heavy atom. The van der Waals surface area contributed by atoms with Gasteiger partial charge < -0.3 is 14.2 Å². The van der Waals surface area contributed by atoms with Crippen LogP contribution in [0.3, 0.4) is 0 Å². The molecule has 1 saturated heterocycles. The van der Waals surface area contributed by atoms with Gasteiger partial charge in [-0.3, -0.25) is 9.69 Å². The number of carbonyl (C=O) groups excluding carboxylic acids is 1. The fourth-order valence-electron chi connectivity index (χ4n) is 5.76. The van der Waals surface area contributed by atoms with Gasteiger partial charge in [0.25, 0.3) is 5.91 Å². The minimum Gasteiger partial charge on any atom is -0.379 e. The van der Waals surface area contributed by atoms with Crippen molar-refractivity contribution in [2.24, 2.45) is 0 Å². The summed E-state index contributed by atoms with van der Waals surface area (Å²) in [6.07, 6.45) is 14.5. The van der Waals surface area contributed by atoms with Gasteiger partial charge in [-0.15, -0.1) is 0 Å². The molecule has 6 nitrogen and oxygen atoms in total. The molecular formula is C24H37N3O3. The molecule has 4 aliphatic rings. The second kappa shape index (κ2) is 9.39. The minimum atomic E-state index is 0.146. The molecule has 0 spiro atoms. The molecule has 0 aromatic carbocycles. The lowest BCUT2D eigenvalue weighted by Gasteiger charge is -2.41. The van der Waals surface area contributed by atoms with E-state index in [0.29, 0.717) is 23.7 Å². The summed E-state index contributed by atoms with van der Waals surface area (Å²) in [5, 5.41) is 4.43. The number of hydrogen-bond donors (Lipinski definition) is 0. The third-order valence-electron chi connectivity index (χ3n) is 7.63. The first-order valence-electron chi connectivity index (χ1n) is 12.4. The molecule has 3 aliphatic carbocycles. The second-order valence-corrected chi connectivity index (χ2v) is 9.83. The van der Waals surface area contributed by atoms with Crippen LogP contribution in [0.2, 0.25) is 0 Å². The third kappa shape index (κ3) is 4.45. The summed E-state index contributed by atoms with van der Waals surface area (Å²) in [4.78, 5) is 18.7. The predicted molar refractivity (Wildman–Crippen MR) is 114 cm³/mol. The fourth-order valence-corrected chi connectivity index (χ4v) is 5.76. The van der Waals surface area contributed by atoms with Crippen molar-refractivity contribution in [3.05, 3.63) is 17.0 Å². The summed E-state index contributed by atoms with van der Waals surface area (Å²) in [6, 6.07) is 0.762. The van der Waals surface area contributed by atoms with Crippen LogP contribution in [0.4, 0.5) is 0 Å². The van der Waals surface area contributed by atoms with Crippen LogP contribution in [0.25, 0.3) is 0 Å². The van der Waals surface area contributed by atoms with Crippen LogP contribution in [0.15, 0.2) is 4.52 Å². The Labute approximate surface area is 180 Å². The van der Waals surface area contributed by atoms with E-state index in [2.05, 4.69) is 15.0 Å². The Balaban J connectivity index is 1.43. The van der Waals surface area contributed by atoms with Crippen LogP contribution in [0.5, 0.6) is 0 Å². The molecule has 1 aliphatic heterocycles. The highest BCUT2D eigenvalue weighted by atomic mass is 16.5. The number of aromatic nitrogens is 1. The summed E-state index contributed by atoms with van der Waals surface area (Å²) in [7, 11) is 0. The lowest BCUT2D eigenvalue weighted by Crippen LogP contribution is -2.49. The molecule has 1 amide bonds. The van der Waals surface area contributed by atoms with Gasteiger partial charge >= 0.3 is 0 Å². The lowest BCUT2D eigenvalue weighted by molar-refractivity contribution is 0.0332. The Bertz CT molecular complexity index is 693. The summed E-state index contributed by atoms with van der Waals surface area (Å²) in [6.45, 7) is 4.13. The second-order valence-electron chi connectivity index (χ2n) is 9.83. The maximum atomic E-state index is 14.0. The number of morpholine rings is 1. The SMILES string of the molecule is O=C(c1noc(C2CC2)c1CN1CCOCC1)N(C1CCCCC1)C1CCCCC1. The molecule has 0 radical (unpaired) electrons. The van der Waals surface area contributed by atoms with Crippen molar-refractivity contribution in [2.45, 2.75) is 102 Å². The van der Waals surface area contributed by atoms with Gasteiger partial charge in [-0.05, 0) is 38.5 Å². The van der Waals surface area contributed by atoms with E-state index in [9.17, 15) is 4.79 Å². The number of amides is 1. The normalized spacial score (nSPS) is 24.8. The van der Waals surface area contributed by atoms with E-state index in [4.69, 9.17) is 9.26 Å². The lowest BCUT2D eigenvalue weighted by atomic mass is 9.88. The first-order valence-corrected chi connectivity index (χ1v) is 12.4. The standard InChI is InChI=1S/C24H37N3O3/c28-24(27(19-7-3-1-4-8-19)20-9-5-2-6-10-20)22-21(17-26-13-15-29-16-14-26)23(30-25-22)18-11-12-18/h18-20H,1-17H2. The Morgan fingerprint density at radius 2 is 1.50 bits per heavy atom. The van der Waals surface area contributed by atoms with Crippen molar-refractivity contribution < 1.29 is 14.1 Å². The molecule has 0 bridgehead atoms. The molecule has 2 heterocycles. The zero-order chi connectivity index (χ0) is 20.3. The van der Waals surface area contributed by atoms with Gasteiger partial charge in [0.2, 0.25) is 0 Å². The highest BCUT2D eigenvalue weighted by Crippen LogP contribution is 2.43. The van der Waals surface area contributed by atoms with Crippen molar-refractivity contribution in [1.82, 2.24) is 15.0 Å². The van der Waals surface area contributed by atoms with E-state index in [1.165, 1.54) is 38.5 Å². The van der Waals surface area contributed by atoms with Gasteiger partial charge in [0.15, 0.2) is 5.69 Å². The molecule has 1 aromatic heterocycles. The molecule has 0 N–H and O–H groups in total. The molecule has 4 fully saturated rings. The number of nitrogens with zero attached hydrogens (tertiary/aromatic N) is 3. The van der Waals surface area contributed by atoms with Gasteiger partial charge in [0, 0.05) is 43.2 Å². The highest BCUT2D eigenvalue weighted by Gasteiger charge is 2.39. The average molecular weight is 416 g/mol. The molecule has 0 atom stereocenters. The number of carbonyl (C=O) groups is 1. The van der Waals surface area contributed by atoms with Crippen LogP contribution in [0, 0.1) is 0 Å². The molecule has 3 saturated carbocycles. The van der Waals surface area contributed by atoms with Crippen molar-refractivity contribution in [1.29, 1.82) is 0 Å². The van der Waals surface area contributed by atoms with Crippen molar-refractivity contribution in [3.63, 3.8) is 0 Å². The molecule has 1 aromatic rings. The largest absolute Gasteiger partial charge is 0.379 e. The maximum Gasteiger partial charge on any atom is 0.276 e. The van der Waals surface area contributed by atoms with Gasteiger partial charge in [-0.25, -0.2) is 0 Å². The monoisotopic (exact) mass is 415 g/mol. The van der Waals surface area contributed by atoms with Crippen LogP contribution in [0.1, 0.15) is 105 Å². The van der Waals surface area contributed by atoms with Crippen molar-refractivity contribution in [3.8, 4) is 0 Å². The van der Waals surface area contributed by atoms with Crippen molar-refractivity contribution in [2.75, 3.05) is 26.3 Å². The smallest absolute Gasteiger partial charge is 0.276 e. The van der Waals surface area contributed by atoms with E-state index in [0.717, 1.165) is 82.7 Å². The fraction of sp³-hybridized carbons (Fsp3) is 0.833. The number of ether oxygens (including phenoxy) is 1. The Hall–Kier alpha value is -1.40. The van der Waals surface area contributed by atoms with E-state index in [-0.39, 0.29) is 5.91 Å². The first kappa shape index (κ1) is 20.5. The molecule has 0 unspecified atom stereocenters. The van der Waals surface area contributed by atoms with Gasteiger partial charge in [-0.2, -0.15) is 0 Å².